The van der Waals surface area contributed by atoms with Crippen LogP contribution in [0.2, 0.25) is 0 Å². The van der Waals surface area contributed by atoms with Gasteiger partial charge >= 0.3 is 5.97 Å². The molecule has 18 heavy (non-hydrogen) atoms. The molecule has 0 radical (unpaired) electrons. The SMILES string of the molecule is CCc1nn(C)cc1C(=O)NCCC(O)C(=O)O. The number of carbonyl (C=O) groups is 2. The lowest BCUT2D eigenvalue weighted by atomic mass is 10.2. The Kier molecular flexibility index (Phi) is 4.85. The number of amides is 1. The van der Waals surface area contributed by atoms with Crippen LogP contribution in [0.5, 0.6) is 0 Å². The molecule has 1 heterocycles. The highest BCUT2D eigenvalue weighted by molar-refractivity contribution is 5.95. The van der Waals surface area contributed by atoms with Crippen LogP contribution < -0.4 is 5.32 Å². The van der Waals surface area contributed by atoms with Gasteiger partial charge in [-0.15, -0.1) is 0 Å². The van der Waals surface area contributed by atoms with E-state index in [1.165, 1.54) is 0 Å². The van der Waals surface area contributed by atoms with Crippen LogP contribution in [-0.2, 0) is 18.3 Å². The zero-order chi connectivity index (χ0) is 13.7. The molecule has 7 nitrogen and oxygen atoms in total. The van der Waals surface area contributed by atoms with Crippen LogP contribution in [0, 0.1) is 0 Å². The number of carboxylic acids is 1. The molecule has 1 amide bonds. The number of rotatable bonds is 6. The number of aliphatic hydroxyl groups excluding tert-OH is 1. The first-order chi connectivity index (χ1) is 8.45. The molecule has 1 aromatic heterocycles. The van der Waals surface area contributed by atoms with E-state index in [-0.39, 0.29) is 18.9 Å². The maximum atomic E-state index is 11.8. The predicted octanol–water partition coefficient (Wildman–Crippen LogP) is -0.452. The van der Waals surface area contributed by atoms with Crippen molar-refractivity contribution in [2.24, 2.45) is 7.05 Å². The van der Waals surface area contributed by atoms with E-state index in [2.05, 4.69) is 10.4 Å². The molecule has 0 bridgehead atoms. The molecule has 0 saturated carbocycles. The third-order valence-electron chi connectivity index (χ3n) is 2.47. The van der Waals surface area contributed by atoms with Gasteiger partial charge in [-0.1, -0.05) is 6.92 Å². The normalized spacial score (nSPS) is 12.2. The molecule has 0 aliphatic rings. The summed E-state index contributed by atoms with van der Waals surface area (Å²) >= 11 is 0. The molecular formula is C11H17N3O4. The number of hydrogen-bond acceptors (Lipinski definition) is 4. The highest BCUT2D eigenvalue weighted by atomic mass is 16.4. The Morgan fingerprint density at radius 3 is 2.78 bits per heavy atom. The summed E-state index contributed by atoms with van der Waals surface area (Å²) in [6.07, 6.45) is 0.774. The van der Waals surface area contributed by atoms with E-state index >= 15 is 0 Å². The van der Waals surface area contributed by atoms with Crippen molar-refractivity contribution < 1.29 is 19.8 Å². The first-order valence-electron chi connectivity index (χ1n) is 5.67. The molecule has 0 spiro atoms. The number of aliphatic hydroxyl groups is 1. The summed E-state index contributed by atoms with van der Waals surface area (Å²) in [6, 6.07) is 0. The van der Waals surface area contributed by atoms with Crippen molar-refractivity contribution in [2.45, 2.75) is 25.9 Å². The third kappa shape index (κ3) is 3.56. The Labute approximate surface area is 104 Å². The van der Waals surface area contributed by atoms with Crippen LogP contribution in [0.3, 0.4) is 0 Å². The molecule has 7 heteroatoms. The van der Waals surface area contributed by atoms with E-state index in [9.17, 15) is 9.59 Å². The molecule has 1 unspecified atom stereocenters. The van der Waals surface area contributed by atoms with Crippen molar-refractivity contribution in [1.29, 1.82) is 0 Å². The number of hydrogen-bond donors (Lipinski definition) is 3. The number of aryl methyl sites for hydroxylation is 2. The second-order valence-electron chi connectivity index (χ2n) is 3.92. The standard InChI is InChI=1S/C11H17N3O4/c1-3-8-7(6-14(2)13-8)10(16)12-5-4-9(15)11(17)18/h6,9,15H,3-5H2,1-2H3,(H,12,16)(H,17,18). The Hall–Kier alpha value is -1.89. The number of aliphatic carboxylic acids is 1. The van der Waals surface area contributed by atoms with Gasteiger partial charge in [0.15, 0.2) is 6.10 Å². The summed E-state index contributed by atoms with van der Waals surface area (Å²) in [5.74, 6) is -1.60. The van der Waals surface area contributed by atoms with Crippen molar-refractivity contribution >= 4 is 11.9 Å². The fraction of sp³-hybridized carbons (Fsp3) is 0.545. The summed E-state index contributed by atoms with van der Waals surface area (Å²) in [6.45, 7) is 2.00. The van der Waals surface area contributed by atoms with Crippen LogP contribution in [0.25, 0.3) is 0 Å². The summed E-state index contributed by atoms with van der Waals surface area (Å²) < 4.78 is 1.56. The maximum absolute atomic E-state index is 11.8. The zero-order valence-electron chi connectivity index (χ0n) is 10.4. The lowest BCUT2D eigenvalue weighted by Gasteiger charge is -2.06. The topological polar surface area (TPSA) is 104 Å². The van der Waals surface area contributed by atoms with Crippen molar-refractivity contribution in [3.8, 4) is 0 Å². The lowest BCUT2D eigenvalue weighted by molar-refractivity contribution is -0.146. The van der Waals surface area contributed by atoms with Crippen molar-refractivity contribution in [3.63, 3.8) is 0 Å². The molecule has 1 atom stereocenters. The van der Waals surface area contributed by atoms with Gasteiger partial charge in [-0.25, -0.2) is 4.79 Å². The van der Waals surface area contributed by atoms with E-state index in [4.69, 9.17) is 10.2 Å². The minimum Gasteiger partial charge on any atom is -0.479 e. The molecule has 1 rings (SSSR count). The van der Waals surface area contributed by atoms with Gasteiger partial charge in [0.1, 0.15) is 0 Å². The second kappa shape index (κ2) is 6.15. The largest absolute Gasteiger partial charge is 0.479 e. The summed E-state index contributed by atoms with van der Waals surface area (Å²) in [5.41, 5.74) is 1.17. The molecule has 0 saturated heterocycles. The highest BCUT2D eigenvalue weighted by Gasteiger charge is 2.16. The number of carboxylic acid groups (broad SMARTS) is 1. The van der Waals surface area contributed by atoms with Gasteiger partial charge in [-0.3, -0.25) is 9.48 Å². The average molecular weight is 255 g/mol. The van der Waals surface area contributed by atoms with Gasteiger partial charge in [0.05, 0.1) is 11.3 Å². The third-order valence-corrected chi connectivity index (χ3v) is 2.47. The predicted molar refractivity (Wildman–Crippen MR) is 63.2 cm³/mol. The Morgan fingerprint density at radius 2 is 2.22 bits per heavy atom. The van der Waals surface area contributed by atoms with Gasteiger partial charge in [0.25, 0.3) is 5.91 Å². The van der Waals surface area contributed by atoms with Crippen LogP contribution in [0.4, 0.5) is 0 Å². The molecule has 100 valence electrons. The van der Waals surface area contributed by atoms with Crippen LogP contribution >= 0.6 is 0 Å². The molecule has 0 fully saturated rings. The Morgan fingerprint density at radius 1 is 1.56 bits per heavy atom. The average Bonchev–Trinajstić information content (AvgIpc) is 2.70. The molecule has 0 aliphatic heterocycles. The molecule has 0 aromatic carbocycles. The number of nitrogens with zero attached hydrogens (tertiary/aromatic N) is 2. The second-order valence-corrected chi connectivity index (χ2v) is 3.92. The zero-order valence-corrected chi connectivity index (χ0v) is 10.4. The Bertz CT molecular complexity index is 441. The quantitative estimate of drug-likeness (QED) is 0.638. The molecular weight excluding hydrogens is 238 g/mol. The van der Waals surface area contributed by atoms with E-state index in [1.807, 2.05) is 6.92 Å². The molecule has 0 aliphatic carbocycles. The van der Waals surface area contributed by atoms with Crippen molar-refractivity contribution in [2.75, 3.05) is 6.54 Å². The summed E-state index contributed by atoms with van der Waals surface area (Å²) in [7, 11) is 1.73. The van der Waals surface area contributed by atoms with Gasteiger partial charge < -0.3 is 15.5 Å². The number of aromatic nitrogens is 2. The van der Waals surface area contributed by atoms with E-state index in [0.717, 1.165) is 0 Å². The Balaban J connectivity index is 2.52. The van der Waals surface area contributed by atoms with Gasteiger partial charge in [0, 0.05) is 26.2 Å². The highest BCUT2D eigenvalue weighted by Crippen LogP contribution is 2.06. The maximum Gasteiger partial charge on any atom is 0.332 e. The monoisotopic (exact) mass is 255 g/mol. The first-order valence-corrected chi connectivity index (χ1v) is 5.67. The summed E-state index contributed by atoms with van der Waals surface area (Å²) in [5, 5.41) is 24.2. The van der Waals surface area contributed by atoms with E-state index in [0.29, 0.717) is 17.7 Å². The van der Waals surface area contributed by atoms with Crippen LogP contribution in [-0.4, -0.2) is 44.5 Å². The van der Waals surface area contributed by atoms with Gasteiger partial charge in [-0.05, 0) is 6.42 Å². The van der Waals surface area contributed by atoms with Crippen molar-refractivity contribution in [1.82, 2.24) is 15.1 Å². The van der Waals surface area contributed by atoms with E-state index in [1.54, 1.807) is 17.9 Å². The van der Waals surface area contributed by atoms with Crippen molar-refractivity contribution in [3.05, 3.63) is 17.5 Å². The summed E-state index contributed by atoms with van der Waals surface area (Å²) in [4.78, 5) is 22.2. The lowest BCUT2D eigenvalue weighted by Crippen LogP contribution is -2.30. The van der Waals surface area contributed by atoms with Gasteiger partial charge in [-0.2, -0.15) is 5.10 Å². The molecule has 1 aromatic rings. The van der Waals surface area contributed by atoms with Gasteiger partial charge in [0.2, 0.25) is 0 Å². The van der Waals surface area contributed by atoms with Crippen LogP contribution in [0.15, 0.2) is 6.20 Å². The number of nitrogens with one attached hydrogen (secondary N) is 1. The minimum absolute atomic E-state index is 0.0250. The minimum atomic E-state index is -1.45. The first kappa shape index (κ1) is 14.2. The van der Waals surface area contributed by atoms with Crippen LogP contribution in [0.1, 0.15) is 29.4 Å². The molecule has 3 N–H and O–H groups in total. The fourth-order valence-electron chi connectivity index (χ4n) is 1.53. The number of carbonyl (C=O) groups excluding carboxylic acids is 1. The smallest absolute Gasteiger partial charge is 0.332 e. The fourth-order valence-corrected chi connectivity index (χ4v) is 1.53. The van der Waals surface area contributed by atoms with E-state index < -0.39 is 12.1 Å².